The molecule has 0 amide bonds. The highest BCUT2D eigenvalue weighted by molar-refractivity contribution is 5.90. The maximum absolute atomic E-state index is 12.3. The van der Waals surface area contributed by atoms with Gasteiger partial charge in [0.2, 0.25) is 0 Å². The molecule has 5 heteroatoms. The molecule has 1 heterocycles. The second-order valence-corrected chi connectivity index (χ2v) is 4.27. The number of hydrogen-bond donors (Lipinski definition) is 1. The summed E-state index contributed by atoms with van der Waals surface area (Å²) in [5, 5.41) is 0.512. The Morgan fingerprint density at radius 1 is 1.10 bits per heavy atom. The van der Waals surface area contributed by atoms with Crippen LogP contribution in [0.3, 0.4) is 0 Å². The van der Waals surface area contributed by atoms with Crippen LogP contribution in [0.15, 0.2) is 23.0 Å². The Morgan fingerprint density at radius 3 is 2.40 bits per heavy atom. The van der Waals surface area contributed by atoms with Crippen molar-refractivity contribution >= 4 is 10.9 Å². The average molecular weight is 277 g/mol. The minimum atomic E-state index is -0.101. The highest BCUT2D eigenvalue weighted by Crippen LogP contribution is 2.30. The SMILES string of the molecule is CCOc1ccc(OCC)c2c(=O)cc(COC)[nH]c12. The van der Waals surface area contributed by atoms with Gasteiger partial charge in [-0.3, -0.25) is 4.79 Å². The predicted octanol–water partition coefficient (Wildman–Crippen LogP) is 2.47. The van der Waals surface area contributed by atoms with Crippen molar-refractivity contribution < 1.29 is 14.2 Å². The molecule has 2 aromatic rings. The molecule has 0 aliphatic heterocycles. The Balaban J connectivity index is 2.70. The lowest BCUT2D eigenvalue weighted by atomic mass is 10.1. The van der Waals surface area contributed by atoms with E-state index in [-0.39, 0.29) is 5.43 Å². The fraction of sp³-hybridized carbons (Fsp3) is 0.400. The van der Waals surface area contributed by atoms with Gasteiger partial charge in [0, 0.05) is 18.9 Å². The Kier molecular flexibility index (Phi) is 4.63. The number of ether oxygens (including phenoxy) is 3. The van der Waals surface area contributed by atoms with E-state index in [9.17, 15) is 4.79 Å². The summed E-state index contributed by atoms with van der Waals surface area (Å²) in [4.78, 5) is 15.5. The lowest BCUT2D eigenvalue weighted by Gasteiger charge is -2.12. The summed E-state index contributed by atoms with van der Waals surface area (Å²) < 4.78 is 16.2. The molecule has 0 bridgehead atoms. The zero-order valence-corrected chi connectivity index (χ0v) is 12.0. The third-order valence-corrected chi connectivity index (χ3v) is 2.87. The molecule has 1 N–H and O–H groups in total. The summed E-state index contributed by atoms with van der Waals surface area (Å²) in [6.45, 7) is 5.16. The molecule has 0 fully saturated rings. The standard InChI is InChI=1S/C15H19NO4/c1-4-19-12-6-7-13(20-5-2)15-14(12)11(17)8-10(16-15)9-18-3/h6-8H,4-5,9H2,1-3H3,(H,16,17). The first-order valence-corrected chi connectivity index (χ1v) is 6.64. The van der Waals surface area contributed by atoms with Crippen LogP contribution >= 0.6 is 0 Å². The van der Waals surface area contributed by atoms with Gasteiger partial charge in [0.05, 0.1) is 30.7 Å². The van der Waals surface area contributed by atoms with Crippen LogP contribution in [0.5, 0.6) is 11.5 Å². The predicted molar refractivity (Wildman–Crippen MR) is 77.6 cm³/mol. The Bertz CT molecular complexity index is 648. The van der Waals surface area contributed by atoms with Crippen molar-refractivity contribution in [3.63, 3.8) is 0 Å². The first-order valence-electron chi connectivity index (χ1n) is 6.64. The van der Waals surface area contributed by atoms with E-state index in [0.717, 1.165) is 0 Å². The van der Waals surface area contributed by atoms with E-state index in [4.69, 9.17) is 14.2 Å². The second-order valence-electron chi connectivity index (χ2n) is 4.27. The Morgan fingerprint density at radius 2 is 1.75 bits per heavy atom. The zero-order valence-electron chi connectivity index (χ0n) is 12.0. The summed E-state index contributed by atoms with van der Waals surface area (Å²) in [7, 11) is 1.59. The van der Waals surface area contributed by atoms with Crippen LogP contribution in [0.1, 0.15) is 19.5 Å². The quantitative estimate of drug-likeness (QED) is 0.881. The fourth-order valence-corrected chi connectivity index (χ4v) is 2.15. The molecule has 1 aromatic heterocycles. The number of H-pyrrole nitrogens is 1. The summed E-state index contributed by atoms with van der Waals surface area (Å²) in [5.74, 6) is 1.21. The van der Waals surface area contributed by atoms with Crippen molar-refractivity contribution in [2.75, 3.05) is 20.3 Å². The van der Waals surface area contributed by atoms with Crippen molar-refractivity contribution in [1.29, 1.82) is 0 Å². The van der Waals surface area contributed by atoms with Crippen molar-refractivity contribution in [1.82, 2.24) is 4.98 Å². The molecule has 5 nitrogen and oxygen atoms in total. The molecular formula is C15H19NO4. The minimum Gasteiger partial charge on any atom is -0.493 e. The number of benzene rings is 1. The molecule has 2 rings (SSSR count). The molecule has 0 aliphatic rings. The number of hydrogen-bond acceptors (Lipinski definition) is 4. The Labute approximate surface area is 117 Å². The Hall–Kier alpha value is -2.01. The van der Waals surface area contributed by atoms with Gasteiger partial charge in [0.25, 0.3) is 0 Å². The maximum atomic E-state index is 12.3. The number of methoxy groups -OCH3 is 1. The summed E-state index contributed by atoms with van der Waals surface area (Å²) in [6, 6.07) is 5.11. The van der Waals surface area contributed by atoms with Gasteiger partial charge in [0.15, 0.2) is 5.43 Å². The molecule has 20 heavy (non-hydrogen) atoms. The van der Waals surface area contributed by atoms with Crippen LogP contribution < -0.4 is 14.9 Å². The summed E-state index contributed by atoms with van der Waals surface area (Å²) in [5.41, 5.74) is 1.26. The molecule has 0 saturated heterocycles. The number of nitrogens with one attached hydrogen (secondary N) is 1. The van der Waals surface area contributed by atoms with Gasteiger partial charge in [-0.15, -0.1) is 0 Å². The number of rotatable bonds is 6. The van der Waals surface area contributed by atoms with Crippen molar-refractivity contribution in [3.05, 3.63) is 34.1 Å². The average Bonchev–Trinajstić information content (AvgIpc) is 2.42. The second kappa shape index (κ2) is 6.43. The fourth-order valence-electron chi connectivity index (χ4n) is 2.15. The molecule has 0 saturated carbocycles. The topological polar surface area (TPSA) is 60.6 Å². The number of pyridine rings is 1. The van der Waals surface area contributed by atoms with E-state index in [1.165, 1.54) is 6.07 Å². The molecule has 0 radical (unpaired) electrons. The van der Waals surface area contributed by atoms with Gasteiger partial charge in [0.1, 0.15) is 11.5 Å². The third kappa shape index (κ3) is 2.77. The summed E-state index contributed by atoms with van der Waals surface area (Å²) >= 11 is 0. The normalized spacial score (nSPS) is 10.8. The van der Waals surface area contributed by atoms with E-state index in [1.54, 1.807) is 13.2 Å². The van der Waals surface area contributed by atoms with Crippen LogP contribution in [0.2, 0.25) is 0 Å². The summed E-state index contributed by atoms with van der Waals surface area (Å²) in [6.07, 6.45) is 0. The highest BCUT2D eigenvalue weighted by Gasteiger charge is 2.13. The monoisotopic (exact) mass is 277 g/mol. The van der Waals surface area contributed by atoms with Crippen molar-refractivity contribution in [3.8, 4) is 11.5 Å². The number of aromatic nitrogens is 1. The molecular weight excluding hydrogens is 258 g/mol. The van der Waals surface area contributed by atoms with Crippen LogP contribution in [0.25, 0.3) is 10.9 Å². The molecule has 0 aliphatic carbocycles. The first kappa shape index (κ1) is 14.4. The van der Waals surface area contributed by atoms with Crippen LogP contribution in [-0.2, 0) is 11.3 Å². The molecule has 108 valence electrons. The lowest BCUT2D eigenvalue weighted by Crippen LogP contribution is -2.09. The van der Waals surface area contributed by atoms with Gasteiger partial charge >= 0.3 is 0 Å². The van der Waals surface area contributed by atoms with E-state index in [1.807, 2.05) is 19.9 Å². The molecule has 0 atom stereocenters. The minimum absolute atomic E-state index is 0.101. The highest BCUT2D eigenvalue weighted by atomic mass is 16.5. The largest absolute Gasteiger partial charge is 0.493 e. The van der Waals surface area contributed by atoms with Gasteiger partial charge in [-0.2, -0.15) is 0 Å². The van der Waals surface area contributed by atoms with Crippen LogP contribution in [0, 0.1) is 0 Å². The van der Waals surface area contributed by atoms with Crippen molar-refractivity contribution in [2.45, 2.75) is 20.5 Å². The van der Waals surface area contributed by atoms with E-state index >= 15 is 0 Å². The van der Waals surface area contributed by atoms with E-state index in [2.05, 4.69) is 4.98 Å². The first-order chi connectivity index (χ1) is 9.71. The van der Waals surface area contributed by atoms with E-state index < -0.39 is 0 Å². The van der Waals surface area contributed by atoms with E-state index in [0.29, 0.717) is 47.9 Å². The molecule has 1 aromatic carbocycles. The third-order valence-electron chi connectivity index (χ3n) is 2.87. The lowest BCUT2D eigenvalue weighted by molar-refractivity contribution is 0.181. The van der Waals surface area contributed by atoms with Gasteiger partial charge in [-0.1, -0.05) is 0 Å². The van der Waals surface area contributed by atoms with Gasteiger partial charge in [-0.25, -0.2) is 0 Å². The van der Waals surface area contributed by atoms with Crippen LogP contribution in [0.4, 0.5) is 0 Å². The molecule has 0 unspecified atom stereocenters. The smallest absolute Gasteiger partial charge is 0.193 e. The van der Waals surface area contributed by atoms with Gasteiger partial charge < -0.3 is 19.2 Å². The van der Waals surface area contributed by atoms with Crippen LogP contribution in [-0.4, -0.2) is 25.3 Å². The van der Waals surface area contributed by atoms with Gasteiger partial charge in [-0.05, 0) is 26.0 Å². The molecule has 0 spiro atoms. The number of fused-ring (bicyclic) bond motifs is 1. The number of aromatic amines is 1. The zero-order chi connectivity index (χ0) is 14.5. The van der Waals surface area contributed by atoms with Crippen molar-refractivity contribution in [2.24, 2.45) is 0 Å². The maximum Gasteiger partial charge on any atom is 0.193 e.